The molecule has 0 spiro atoms. The lowest BCUT2D eigenvalue weighted by Crippen LogP contribution is -2.44. The van der Waals surface area contributed by atoms with Crippen LogP contribution in [0.1, 0.15) is 54.0 Å². The number of nitrogens with two attached hydrogens (primary N) is 1. The average Bonchev–Trinajstić information content (AvgIpc) is 2.54. The third-order valence-corrected chi connectivity index (χ3v) is 7.07. The van der Waals surface area contributed by atoms with E-state index in [1.807, 2.05) is 11.3 Å². The van der Waals surface area contributed by atoms with E-state index in [0.29, 0.717) is 0 Å². The van der Waals surface area contributed by atoms with Crippen LogP contribution in [0.3, 0.4) is 0 Å². The van der Waals surface area contributed by atoms with Crippen molar-refractivity contribution in [3.63, 3.8) is 0 Å². The fourth-order valence-electron chi connectivity index (χ4n) is 5.48. The highest BCUT2D eigenvalue weighted by Crippen LogP contribution is 2.61. The molecule has 18 heavy (non-hydrogen) atoms. The molecule has 98 valence electrons. The number of rotatable bonds is 1. The zero-order valence-electron chi connectivity index (χ0n) is 11.4. The molecule has 0 aliphatic heterocycles. The topological polar surface area (TPSA) is 26.0 Å². The van der Waals surface area contributed by atoms with E-state index in [4.69, 9.17) is 5.73 Å². The standard InChI is InChI=1S/C16H23NS/c1-8-9(2)18-16(17)14(8)15-12-4-10-3-11(6-12)7-13(15)5-10/h10-13,15H,3-7,17H2,1-2H3. The molecule has 0 atom stereocenters. The van der Waals surface area contributed by atoms with Crippen molar-refractivity contribution in [1.29, 1.82) is 0 Å². The Hall–Kier alpha value is -0.500. The number of aryl methyl sites for hydroxylation is 1. The molecule has 0 saturated heterocycles. The van der Waals surface area contributed by atoms with E-state index in [0.717, 1.165) is 34.6 Å². The minimum atomic E-state index is 0.808. The summed E-state index contributed by atoms with van der Waals surface area (Å²) in [6.45, 7) is 4.53. The quantitative estimate of drug-likeness (QED) is 0.792. The van der Waals surface area contributed by atoms with Gasteiger partial charge in [0, 0.05) is 4.88 Å². The van der Waals surface area contributed by atoms with Crippen LogP contribution in [0.5, 0.6) is 0 Å². The lowest BCUT2D eigenvalue weighted by atomic mass is 9.50. The van der Waals surface area contributed by atoms with Gasteiger partial charge in [0.05, 0.1) is 5.00 Å². The molecule has 1 heterocycles. The Bertz CT molecular complexity index is 460. The summed E-state index contributed by atoms with van der Waals surface area (Å²) in [5.74, 6) is 4.84. The van der Waals surface area contributed by atoms with Gasteiger partial charge in [-0.25, -0.2) is 0 Å². The minimum Gasteiger partial charge on any atom is -0.390 e. The number of anilines is 1. The summed E-state index contributed by atoms with van der Waals surface area (Å²) in [4.78, 5) is 1.44. The van der Waals surface area contributed by atoms with E-state index in [-0.39, 0.29) is 0 Å². The van der Waals surface area contributed by atoms with Crippen LogP contribution in [-0.4, -0.2) is 0 Å². The molecule has 4 bridgehead atoms. The third-order valence-electron chi connectivity index (χ3n) is 6.02. The van der Waals surface area contributed by atoms with Crippen molar-refractivity contribution in [2.45, 2.75) is 51.9 Å². The van der Waals surface area contributed by atoms with Crippen molar-refractivity contribution in [3.05, 3.63) is 16.0 Å². The molecule has 4 aliphatic rings. The Kier molecular flexibility index (Phi) is 2.36. The zero-order valence-corrected chi connectivity index (χ0v) is 12.2. The second-order valence-electron chi connectivity index (χ2n) is 7.02. The first kappa shape index (κ1) is 11.3. The number of nitrogen functional groups attached to an aromatic ring is 1. The minimum absolute atomic E-state index is 0.808. The third kappa shape index (κ3) is 1.44. The van der Waals surface area contributed by atoms with Gasteiger partial charge >= 0.3 is 0 Å². The van der Waals surface area contributed by atoms with Gasteiger partial charge in [-0.3, -0.25) is 0 Å². The molecule has 2 heteroatoms. The van der Waals surface area contributed by atoms with E-state index in [1.165, 1.54) is 42.5 Å². The molecule has 0 unspecified atom stereocenters. The van der Waals surface area contributed by atoms with E-state index in [2.05, 4.69) is 13.8 Å². The van der Waals surface area contributed by atoms with Crippen LogP contribution in [0.15, 0.2) is 0 Å². The van der Waals surface area contributed by atoms with Crippen molar-refractivity contribution >= 4 is 16.3 Å². The van der Waals surface area contributed by atoms with Gasteiger partial charge in [-0.15, -0.1) is 11.3 Å². The second kappa shape index (κ2) is 3.75. The smallest absolute Gasteiger partial charge is 0.0897 e. The number of hydrogen-bond donors (Lipinski definition) is 1. The van der Waals surface area contributed by atoms with Crippen LogP contribution in [0.25, 0.3) is 0 Å². The summed E-state index contributed by atoms with van der Waals surface area (Å²) in [5, 5.41) is 1.13. The van der Waals surface area contributed by atoms with Crippen LogP contribution in [0.2, 0.25) is 0 Å². The zero-order chi connectivity index (χ0) is 12.4. The summed E-state index contributed by atoms with van der Waals surface area (Å²) in [5.41, 5.74) is 9.41. The molecule has 2 N–H and O–H groups in total. The first-order valence-electron chi connectivity index (χ1n) is 7.48. The molecule has 1 aromatic heterocycles. The molecule has 4 fully saturated rings. The maximum Gasteiger partial charge on any atom is 0.0897 e. The SMILES string of the molecule is Cc1sc(N)c(C2C3CC4CC(C3)CC2C4)c1C. The largest absolute Gasteiger partial charge is 0.390 e. The van der Waals surface area contributed by atoms with Crippen LogP contribution in [0, 0.1) is 37.5 Å². The average molecular weight is 261 g/mol. The predicted octanol–water partition coefficient (Wildman–Crippen LogP) is 4.49. The van der Waals surface area contributed by atoms with Gasteiger partial charge in [0.1, 0.15) is 0 Å². The molecule has 5 rings (SSSR count). The van der Waals surface area contributed by atoms with Crippen LogP contribution in [-0.2, 0) is 0 Å². The van der Waals surface area contributed by atoms with Crippen molar-refractivity contribution in [2.75, 3.05) is 5.73 Å². The number of hydrogen-bond acceptors (Lipinski definition) is 2. The monoisotopic (exact) mass is 261 g/mol. The van der Waals surface area contributed by atoms with Crippen molar-refractivity contribution in [3.8, 4) is 0 Å². The molecule has 0 aromatic carbocycles. The lowest BCUT2D eigenvalue weighted by Gasteiger charge is -2.54. The van der Waals surface area contributed by atoms with Crippen molar-refractivity contribution < 1.29 is 0 Å². The maximum absolute atomic E-state index is 6.34. The molecule has 4 aliphatic carbocycles. The highest BCUT2D eigenvalue weighted by atomic mass is 32.1. The fraction of sp³-hybridized carbons (Fsp3) is 0.750. The summed E-state index contributed by atoms with van der Waals surface area (Å²) >= 11 is 1.82. The number of thiophene rings is 1. The van der Waals surface area contributed by atoms with Crippen LogP contribution >= 0.6 is 11.3 Å². The Morgan fingerprint density at radius 3 is 1.94 bits per heavy atom. The molecule has 1 nitrogen and oxygen atoms in total. The fourth-order valence-corrected chi connectivity index (χ4v) is 6.47. The first-order valence-corrected chi connectivity index (χ1v) is 8.30. The van der Waals surface area contributed by atoms with Gasteiger partial charge in [0.2, 0.25) is 0 Å². The van der Waals surface area contributed by atoms with Gasteiger partial charge in [0.15, 0.2) is 0 Å². The Morgan fingerprint density at radius 2 is 1.50 bits per heavy atom. The molecular weight excluding hydrogens is 238 g/mol. The van der Waals surface area contributed by atoms with Gasteiger partial charge in [-0.05, 0) is 86.7 Å². The van der Waals surface area contributed by atoms with E-state index in [9.17, 15) is 0 Å². The van der Waals surface area contributed by atoms with E-state index in [1.54, 1.807) is 5.56 Å². The van der Waals surface area contributed by atoms with Crippen molar-refractivity contribution in [1.82, 2.24) is 0 Å². The maximum atomic E-state index is 6.34. The summed E-state index contributed by atoms with van der Waals surface area (Å²) in [6.07, 6.45) is 7.50. The van der Waals surface area contributed by atoms with Gasteiger partial charge < -0.3 is 5.73 Å². The van der Waals surface area contributed by atoms with Gasteiger partial charge in [-0.1, -0.05) is 0 Å². The molecular formula is C16H23NS. The Morgan fingerprint density at radius 1 is 0.944 bits per heavy atom. The molecule has 0 amide bonds. The van der Waals surface area contributed by atoms with Crippen LogP contribution < -0.4 is 5.73 Å². The van der Waals surface area contributed by atoms with Crippen molar-refractivity contribution in [2.24, 2.45) is 23.7 Å². The molecule has 4 saturated carbocycles. The summed E-state index contributed by atoms with van der Waals surface area (Å²) < 4.78 is 0. The summed E-state index contributed by atoms with van der Waals surface area (Å²) in [7, 11) is 0. The normalized spacial score (nSPS) is 41.6. The lowest BCUT2D eigenvalue weighted by molar-refractivity contribution is -0.00263. The van der Waals surface area contributed by atoms with Crippen LogP contribution in [0.4, 0.5) is 5.00 Å². The van der Waals surface area contributed by atoms with Gasteiger partial charge in [-0.2, -0.15) is 0 Å². The van der Waals surface area contributed by atoms with E-state index < -0.39 is 0 Å². The summed E-state index contributed by atoms with van der Waals surface area (Å²) in [6, 6.07) is 0. The molecule has 0 radical (unpaired) electrons. The second-order valence-corrected chi connectivity index (χ2v) is 8.27. The van der Waals surface area contributed by atoms with Gasteiger partial charge in [0.25, 0.3) is 0 Å². The Balaban J connectivity index is 1.76. The van der Waals surface area contributed by atoms with E-state index >= 15 is 0 Å². The highest BCUT2D eigenvalue weighted by molar-refractivity contribution is 7.16. The first-order chi connectivity index (χ1) is 8.63. The predicted molar refractivity (Wildman–Crippen MR) is 78.0 cm³/mol. The Labute approximate surface area is 114 Å². The molecule has 1 aromatic rings. The highest BCUT2D eigenvalue weighted by Gasteiger charge is 2.49.